The Hall–Kier alpha value is -1.83. The second-order valence-electron chi connectivity index (χ2n) is 4.07. The molecule has 1 aromatic carbocycles. The lowest BCUT2D eigenvalue weighted by Crippen LogP contribution is -2.03. The molecule has 0 aliphatic carbocycles. The van der Waals surface area contributed by atoms with Crippen molar-refractivity contribution in [3.63, 3.8) is 0 Å². The topological polar surface area (TPSA) is 32.9 Å². The van der Waals surface area contributed by atoms with Crippen molar-refractivity contribution in [2.24, 2.45) is 0 Å². The van der Waals surface area contributed by atoms with Crippen molar-refractivity contribution in [3.8, 4) is 0 Å². The van der Waals surface area contributed by atoms with Gasteiger partial charge in [0, 0.05) is 11.3 Å². The molecule has 0 unspecified atom stereocenters. The summed E-state index contributed by atoms with van der Waals surface area (Å²) in [5.74, 6) is 0.0642. The van der Waals surface area contributed by atoms with Gasteiger partial charge in [0.2, 0.25) is 5.78 Å². The number of hydrogen-bond acceptors (Lipinski definition) is 1. The first-order chi connectivity index (χ1) is 7.61. The summed E-state index contributed by atoms with van der Waals surface area (Å²) >= 11 is 0. The first kappa shape index (κ1) is 10.7. The van der Waals surface area contributed by atoms with Gasteiger partial charge in [-0.05, 0) is 31.9 Å². The van der Waals surface area contributed by atoms with Crippen LogP contribution in [0.25, 0.3) is 0 Å². The van der Waals surface area contributed by atoms with Gasteiger partial charge in [0.25, 0.3) is 0 Å². The molecular formula is C14H15NO. The minimum Gasteiger partial charge on any atom is -0.356 e. The first-order valence-electron chi connectivity index (χ1n) is 5.36. The number of benzene rings is 1. The van der Waals surface area contributed by atoms with Gasteiger partial charge >= 0.3 is 0 Å². The first-order valence-corrected chi connectivity index (χ1v) is 5.36. The Kier molecular flexibility index (Phi) is 2.65. The summed E-state index contributed by atoms with van der Waals surface area (Å²) in [5.41, 5.74) is 4.72. The number of carbonyl (C=O) groups excluding carboxylic acids is 1. The quantitative estimate of drug-likeness (QED) is 0.763. The molecule has 2 heteroatoms. The molecule has 0 aliphatic heterocycles. The summed E-state index contributed by atoms with van der Waals surface area (Å²) in [7, 11) is 0. The fourth-order valence-electron chi connectivity index (χ4n) is 1.80. The maximum atomic E-state index is 12.2. The van der Waals surface area contributed by atoms with Gasteiger partial charge in [-0.3, -0.25) is 4.79 Å². The molecule has 0 aliphatic rings. The molecule has 82 valence electrons. The second-order valence-corrected chi connectivity index (χ2v) is 4.07. The lowest BCUT2D eigenvalue weighted by atomic mass is 10.0. The summed E-state index contributed by atoms with van der Waals surface area (Å²) < 4.78 is 0. The summed E-state index contributed by atoms with van der Waals surface area (Å²) in [6.45, 7) is 6.00. The zero-order valence-corrected chi connectivity index (χ0v) is 9.79. The van der Waals surface area contributed by atoms with Crippen molar-refractivity contribution < 1.29 is 4.79 Å². The largest absolute Gasteiger partial charge is 0.356 e. The van der Waals surface area contributed by atoms with Crippen molar-refractivity contribution >= 4 is 5.78 Å². The van der Waals surface area contributed by atoms with Crippen LogP contribution < -0.4 is 0 Å². The molecule has 0 radical (unpaired) electrons. The fourth-order valence-corrected chi connectivity index (χ4v) is 1.80. The SMILES string of the molecule is Cc1[nH]c(C(=O)c2ccccc2)c(C)c1C. The third kappa shape index (κ3) is 1.67. The van der Waals surface area contributed by atoms with Gasteiger partial charge in [-0.25, -0.2) is 0 Å². The molecule has 0 saturated carbocycles. The molecule has 16 heavy (non-hydrogen) atoms. The van der Waals surface area contributed by atoms with Crippen LogP contribution in [0, 0.1) is 20.8 Å². The summed E-state index contributed by atoms with van der Waals surface area (Å²) in [4.78, 5) is 15.4. The van der Waals surface area contributed by atoms with Crippen LogP contribution in [0.3, 0.4) is 0 Å². The van der Waals surface area contributed by atoms with Crippen LogP contribution in [0.15, 0.2) is 30.3 Å². The average molecular weight is 213 g/mol. The van der Waals surface area contributed by atoms with Crippen molar-refractivity contribution in [3.05, 3.63) is 58.4 Å². The van der Waals surface area contributed by atoms with E-state index in [0.717, 1.165) is 16.8 Å². The monoisotopic (exact) mass is 213 g/mol. The highest BCUT2D eigenvalue weighted by Gasteiger charge is 2.15. The molecule has 0 atom stereocenters. The van der Waals surface area contributed by atoms with Gasteiger partial charge in [-0.1, -0.05) is 30.3 Å². The van der Waals surface area contributed by atoms with Gasteiger partial charge < -0.3 is 4.98 Å². The molecule has 0 amide bonds. The Morgan fingerprint density at radius 1 is 1.00 bits per heavy atom. The van der Waals surface area contributed by atoms with Crippen LogP contribution in [0.2, 0.25) is 0 Å². The van der Waals surface area contributed by atoms with Gasteiger partial charge in [0.05, 0.1) is 5.69 Å². The lowest BCUT2D eigenvalue weighted by Gasteiger charge is -2.00. The van der Waals surface area contributed by atoms with Gasteiger partial charge in [-0.15, -0.1) is 0 Å². The number of carbonyl (C=O) groups is 1. The normalized spacial score (nSPS) is 10.4. The number of aromatic nitrogens is 1. The number of nitrogens with one attached hydrogen (secondary N) is 1. The van der Waals surface area contributed by atoms with E-state index >= 15 is 0 Å². The molecule has 1 heterocycles. The van der Waals surface area contributed by atoms with Gasteiger partial charge in [0.1, 0.15) is 0 Å². The predicted molar refractivity (Wildman–Crippen MR) is 64.9 cm³/mol. The third-order valence-corrected chi connectivity index (χ3v) is 3.08. The van der Waals surface area contributed by atoms with E-state index < -0.39 is 0 Å². The minimum atomic E-state index is 0.0642. The van der Waals surface area contributed by atoms with Crippen LogP contribution in [0.1, 0.15) is 32.9 Å². The molecule has 0 bridgehead atoms. The van der Waals surface area contributed by atoms with Crippen LogP contribution in [-0.4, -0.2) is 10.8 Å². The molecule has 0 spiro atoms. The maximum Gasteiger partial charge on any atom is 0.209 e. The number of ketones is 1. The third-order valence-electron chi connectivity index (χ3n) is 3.08. The molecule has 2 rings (SSSR count). The summed E-state index contributed by atoms with van der Waals surface area (Å²) in [6.07, 6.45) is 0. The fraction of sp³-hybridized carbons (Fsp3) is 0.214. The summed E-state index contributed by atoms with van der Waals surface area (Å²) in [5, 5.41) is 0. The van der Waals surface area contributed by atoms with Crippen molar-refractivity contribution in [2.75, 3.05) is 0 Å². The van der Waals surface area contributed by atoms with E-state index in [1.54, 1.807) is 0 Å². The molecule has 2 aromatic rings. The number of aryl methyl sites for hydroxylation is 1. The van der Waals surface area contributed by atoms with Crippen molar-refractivity contribution in [1.82, 2.24) is 4.98 Å². The Morgan fingerprint density at radius 2 is 1.62 bits per heavy atom. The Labute approximate surface area is 95.3 Å². The summed E-state index contributed by atoms with van der Waals surface area (Å²) in [6, 6.07) is 9.35. The van der Waals surface area contributed by atoms with E-state index in [1.807, 2.05) is 51.1 Å². The molecule has 2 nitrogen and oxygen atoms in total. The van der Waals surface area contributed by atoms with Crippen molar-refractivity contribution in [2.45, 2.75) is 20.8 Å². The lowest BCUT2D eigenvalue weighted by molar-refractivity contribution is 0.103. The number of H-pyrrole nitrogens is 1. The van der Waals surface area contributed by atoms with E-state index in [2.05, 4.69) is 4.98 Å². The van der Waals surface area contributed by atoms with E-state index in [-0.39, 0.29) is 5.78 Å². The number of rotatable bonds is 2. The number of aromatic amines is 1. The van der Waals surface area contributed by atoms with Crippen molar-refractivity contribution in [1.29, 1.82) is 0 Å². The molecule has 0 fully saturated rings. The van der Waals surface area contributed by atoms with Gasteiger partial charge in [-0.2, -0.15) is 0 Å². The molecule has 1 N–H and O–H groups in total. The Balaban J connectivity index is 2.46. The smallest absolute Gasteiger partial charge is 0.209 e. The standard InChI is InChI=1S/C14H15NO/c1-9-10(2)13(15-11(9)3)14(16)12-7-5-4-6-8-12/h4-8,15H,1-3H3. The van der Waals surface area contributed by atoms with Crippen LogP contribution in [0.5, 0.6) is 0 Å². The predicted octanol–water partition coefficient (Wildman–Crippen LogP) is 3.17. The Morgan fingerprint density at radius 3 is 2.12 bits per heavy atom. The molecular weight excluding hydrogens is 198 g/mol. The van der Waals surface area contributed by atoms with E-state index in [0.29, 0.717) is 5.69 Å². The van der Waals surface area contributed by atoms with Gasteiger partial charge in [0.15, 0.2) is 0 Å². The van der Waals surface area contributed by atoms with Crippen LogP contribution >= 0.6 is 0 Å². The van der Waals surface area contributed by atoms with E-state index in [1.165, 1.54) is 5.56 Å². The molecule has 0 saturated heterocycles. The van der Waals surface area contributed by atoms with E-state index in [9.17, 15) is 4.79 Å². The maximum absolute atomic E-state index is 12.2. The Bertz CT molecular complexity index is 523. The second kappa shape index (κ2) is 3.97. The minimum absolute atomic E-state index is 0.0642. The number of hydrogen-bond donors (Lipinski definition) is 1. The zero-order chi connectivity index (χ0) is 11.7. The van der Waals surface area contributed by atoms with Crippen LogP contribution in [0.4, 0.5) is 0 Å². The molecule has 1 aromatic heterocycles. The highest BCUT2D eigenvalue weighted by molar-refractivity contribution is 6.08. The highest BCUT2D eigenvalue weighted by Crippen LogP contribution is 2.19. The van der Waals surface area contributed by atoms with E-state index in [4.69, 9.17) is 0 Å². The van der Waals surface area contributed by atoms with Crippen LogP contribution in [-0.2, 0) is 0 Å². The average Bonchev–Trinajstić information content (AvgIpc) is 2.57. The highest BCUT2D eigenvalue weighted by atomic mass is 16.1. The zero-order valence-electron chi connectivity index (χ0n) is 9.79.